The van der Waals surface area contributed by atoms with Crippen LogP contribution in [0.15, 0.2) is 20.2 Å². The lowest BCUT2D eigenvalue weighted by atomic mass is 10.1. The minimum atomic E-state index is -0.218. The molecule has 0 radical (unpaired) electrons. The van der Waals surface area contributed by atoms with Gasteiger partial charge in [0.2, 0.25) is 5.91 Å². The second-order valence-corrected chi connectivity index (χ2v) is 6.64. The zero-order chi connectivity index (χ0) is 15.5. The number of hydrogen-bond acceptors (Lipinski definition) is 7. The van der Waals surface area contributed by atoms with Crippen LogP contribution in [-0.4, -0.2) is 32.6 Å². The number of amides is 1. The number of aromatic nitrogens is 3. The highest BCUT2D eigenvalue weighted by atomic mass is 32.2. The molecule has 114 valence electrons. The Bertz CT molecular complexity index is 615. The molecule has 0 aliphatic carbocycles. The van der Waals surface area contributed by atoms with Gasteiger partial charge in [0.25, 0.3) is 11.1 Å². The van der Waals surface area contributed by atoms with Gasteiger partial charge in [-0.1, -0.05) is 16.9 Å². The Morgan fingerprint density at radius 1 is 1.38 bits per heavy atom. The zero-order valence-corrected chi connectivity index (χ0v) is 13.3. The van der Waals surface area contributed by atoms with E-state index in [1.807, 2.05) is 20.8 Å². The predicted octanol–water partition coefficient (Wildman–Crippen LogP) is 2.43. The molecule has 2 rings (SSSR count). The first-order valence-corrected chi connectivity index (χ1v) is 7.53. The molecule has 2 aromatic rings. The van der Waals surface area contributed by atoms with E-state index in [0.717, 1.165) is 0 Å². The van der Waals surface area contributed by atoms with E-state index < -0.39 is 0 Å². The molecule has 0 saturated carbocycles. The van der Waals surface area contributed by atoms with E-state index in [1.165, 1.54) is 11.8 Å². The fourth-order valence-electron chi connectivity index (χ4n) is 1.55. The summed E-state index contributed by atoms with van der Waals surface area (Å²) >= 11 is 1.34. The third kappa shape index (κ3) is 4.89. The molecule has 0 fully saturated rings. The molecule has 21 heavy (non-hydrogen) atoms. The van der Waals surface area contributed by atoms with Gasteiger partial charge in [-0.05, 0) is 27.7 Å². The number of nitrogens with zero attached hydrogens (tertiary/aromatic N) is 3. The number of thioether (sulfide) groups is 1. The van der Waals surface area contributed by atoms with Crippen LogP contribution >= 0.6 is 11.8 Å². The lowest BCUT2D eigenvalue weighted by Crippen LogP contribution is -2.40. The summed E-state index contributed by atoms with van der Waals surface area (Å²) in [6, 6.07) is 1.72. The standard InChI is InChI=1S/C13H18N4O3S/c1-8-7-9(17-20-8)11-15-16-12(19-11)21-6-5-10(18)14-13(2,3)4/h7H,5-6H2,1-4H3,(H,14,18). The maximum absolute atomic E-state index is 11.7. The quantitative estimate of drug-likeness (QED) is 0.847. The summed E-state index contributed by atoms with van der Waals surface area (Å²) in [5.41, 5.74) is 0.293. The molecule has 2 aromatic heterocycles. The Labute approximate surface area is 126 Å². The molecule has 0 aromatic carbocycles. The Morgan fingerprint density at radius 2 is 2.14 bits per heavy atom. The van der Waals surface area contributed by atoms with Crippen molar-refractivity contribution in [1.82, 2.24) is 20.7 Å². The monoisotopic (exact) mass is 310 g/mol. The highest BCUT2D eigenvalue weighted by molar-refractivity contribution is 7.99. The average molecular weight is 310 g/mol. The van der Waals surface area contributed by atoms with E-state index in [2.05, 4.69) is 20.7 Å². The normalized spacial score (nSPS) is 11.6. The molecule has 0 aliphatic heterocycles. The number of carbonyl (C=O) groups is 1. The molecule has 8 heteroatoms. The minimum Gasteiger partial charge on any atom is -0.409 e. The summed E-state index contributed by atoms with van der Waals surface area (Å²) < 4.78 is 10.4. The summed E-state index contributed by atoms with van der Waals surface area (Å²) in [6.45, 7) is 7.63. The summed E-state index contributed by atoms with van der Waals surface area (Å²) in [4.78, 5) is 11.7. The van der Waals surface area contributed by atoms with Gasteiger partial charge in [-0.2, -0.15) is 0 Å². The fourth-order valence-corrected chi connectivity index (χ4v) is 2.25. The molecule has 7 nitrogen and oxygen atoms in total. The maximum Gasteiger partial charge on any atom is 0.276 e. The van der Waals surface area contributed by atoms with Crippen molar-refractivity contribution in [2.45, 2.75) is 44.9 Å². The van der Waals surface area contributed by atoms with Crippen LogP contribution in [0.1, 0.15) is 33.0 Å². The summed E-state index contributed by atoms with van der Waals surface area (Å²) in [5, 5.41) is 14.9. The van der Waals surface area contributed by atoms with Gasteiger partial charge in [-0.15, -0.1) is 10.2 Å². The summed E-state index contributed by atoms with van der Waals surface area (Å²) in [5.74, 6) is 1.56. The maximum atomic E-state index is 11.7. The number of nitrogens with one attached hydrogen (secondary N) is 1. The molecule has 0 bridgehead atoms. The van der Waals surface area contributed by atoms with Crippen LogP contribution in [0.4, 0.5) is 0 Å². The zero-order valence-electron chi connectivity index (χ0n) is 12.5. The lowest BCUT2D eigenvalue weighted by Gasteiger charge is -2.20. The van der Waals surface area contributed by atoms with Crippen molar-refractivity contribution in [3.63, 3.8) is 0 Å². The average Bonchev–Trinajstić information content (AvgIpc) is 2.95. The van der Waals surface area contributed by atoms with E-state index in [9.17, 15) is 4.79 Å². The van der Waals surface area contributed by atoms with Crippen LogP contribution in [0, 0.1) is 6.92 Å². The van der Waals surface area contributed by atoms with Crippen molar-refractivity contribution in [3.05, 3.63) is 11.8 Å². The summed E-state index contributed by atoms with van der Waals surface area (Å²) in [7, 11) is 0. The molecule has 0 aliphatic rings. The molecular formula is C13H18N4O3S. The first-order valence-electron chi connectivity index (χ1n) is 6.54. The molecule has 1 amide bonds. The number of aryl methyl sites for hydroxylation is 1. The van der Waals surface area contributed by atoms with Gasteiger partial charge in [0, 0.05) is 23.8 Å². The van der Waals surface area contributed by atoms with E-state index >= 15 is 0 Å². The van der Waals surface area contributed by atoms with Crippen LogP contribution in [0.5, 0.6) is 0 Å². The molecule has 0 unspecified atom stereocenters. The van der Waals surface area contributed by atoms with Crippen molar-refractivity contribution in [2.75, 3.05) is 5.75 Å². The highest BCUT2D eigenvalue weighted by Gasteiger charge is 2.15. The Kier molecular flexibility index (Phi) is 4.66. The molecule has 0 spiro atoms. The van der Waals surface area contributed by atoms with Crippen molar-refractivity contribution >= 4 is 17.7 Å². The van der Waals surface area contributed by atoms with Crippen molar-refractivity contribution < 1.29 is 13.7 Å². The van der Waals surface area contributed by atoms with Crippen molar-refractivity contribution in [1.29, 1.82) is 0 Å². The van der Waals surface area contributed by atoms with E-state index in [0.29, 0.717) is 34.7 Å². The van der Waals surface area contributed by atoms with Crippen molar-refractivity contribution in [2.24, 2.45) is 0 Å². The smallest absolute Gasteiger partial charge is 0.276 e. The van der Waals surface area contributed by atoms with Crippen molar-refractivity contribution in [3.8, 4) is 11.6 Å². The fraction of sp³-hybridized carbons (Fsp3) is 0.538. The minimum absolute atomic E-state index is 0.00173. The molecule has 1 N–H and O–H groups in total. The largest absolute Gasteiger partial charge is 0.409 e. The van der Waals surface area contributed by atoms with Gasteiger partial charge in [0.05, 0.1) is 0 Å². The first-order chi connectivity index (χ1) is 9.83. The second kappa shape index (κ2) is 6.30. The highest BCUT2D eigenvalue weighted by Crippen LogP contribution is 2.23. The van der Waals surface area contributed by atoms with Crippen LogP contribution in [0.3, 0.4) is 0 Å². The second-order valence-electron chi connectivity index (χ2n) is 5.59. The molecular weight excluding hydrogens is 292 g/mol. The lowest BCUT2D eigenvalue weighted by molar-refractivity contribution is -0.122. The van der Waals surface area contributed by atoms with Gasteiger partial charge in [0.1, 0.15) is 5.76 Å². The molecule has 0 atom stereocenters. The van der Waals surface area contributed by atoms with E-state index in [-0.39, 0.29) is 11.4 Å². The Balaban J connectivity index is 1.82. The van der Waals surface area contributed by atoms with Crippen LogP contribution in [-0.2, 0) is 4.79 Å². The third-order valence-electron chi connectivity index (χ3n) is 2.32. The van der Waals surface area contributed by atoms with Gasteiger partial charge in [-0.25, -0.2) is 0 Å². The third-order valence-corrected chi connectivity index (χ3v) is 3.14. The van der Waals surface area contributed by atoms with Gasteiger partial charge < -0.3 is 14.3 Å². The number of rotatable bonds is 5. The van der Waals surface area contributed by atoms with Crippen LogP contribution in [0.25, 0.3) is 11.6 Å². The first kappa shape index (κ1) is 15.6. The van der Waals surface area contributed by atoms with E-state index in [4.69, 9.17) is 8.94 Å². The Morgan fingerprint density at radius 3 is 2.76 bits per heavy atom. The topological polar surface area (TPSA) is 94.1 Å². The number of hydrogen-bond donors (Lipinski definition) is 1. The number of carbonyl (C=O) groups excluding carboxylic acids is 1. The molecule has 2 heterocycles. The SMILES string of the molecule is Cc1cc(-c2nnc(SCCC(=O)NC(C)(C)C)o2)no1. The van der Waals surface area contributed by atoms with Crippen LogP contribution in [0.2, 0.25) is 0 Å². The van der Waals surface area contributed by atoms with Gasteiger partial charge in [0.15, 0.2) is 5.69 Å². The van der Waals surface area contributed by atoms with Crippen LogP contribution < -0.4 is 5.32 Å². The van der Waals surface area contributed by atoms with E-state index in [1.54, 1.807) is 13.0 Å². The predicted molar refractivity (Wildman–Crippen MR) is 77.8 cm³/mol. The summed E-state index contributed by atoms with van der Waals surface area (Å²) in [6.07, 6.45) is 0.392. The molecule has 0 saturated heterocycles. The van der Waals surface area contributed by atoms with Gasteiger partial charge in [-0.3, -0.25) is 4.79 Å². The Hall–Kier alpha value is -1.83. The van der Waals surface area contributed by atoms with Gasteiger partial charge >= 0.3 is 0 Å².